The van der Waals surface area contributed by atoms with E-state index in [0.29, 0.717) is 16.6 Å². The van der Waals surface area contributed by atoms with Crippen LogP contribution in [0.25, 0.3) is 0 Å². The maximum absolute atomic E-state index is 12.1. The van der Waals surface area contributed by atoms with Gasteiger partial charge in [0, 0.05) is 17.1 Å². The van der Waals surface area contributed by atoms with E-state index in [9.17, 15) is 4.79 Å². The lowest BCUT2D eigenvalue weighted by Crippen LogP contribution is -2.51. The number of rotatable bonds is 5. The molecule has 4 atom stereocenters. The number of nitrogens with one attached hydrogen (secondary N) is 1. The van der Waals surface area contributed by atoms with Crippen LogP contribution in [0, 0.1) is 0 Å². The predicted molar refractivity (Wildman–Crippen MR) is 77.5 cm³/mol. The van der Waals surface area contributed by atoms with Gasteiger partial charge >= 0.3 is 5.97 Å². The maximum Gasteiger partial charge on any atom is 0.326 e. The molecule has 0 aromatic rings. The molecule has 4 unspecified atom stereocenters. The molecule has 0 amide bonds. The minimum Gasteiger partial charge on any atom is -0.468 e. The molecule has 0 aromatic heterocycles. The van der Waals surface area contributed by atoms with Gasteiger partial charge in [0.25, 0.3) is 0 Å². The van der Waals surface area contributed by atoms with Crippen LogP contribution >= 0.6 is 11.8 Å². The van der Waals surface area contributed by atoms with Gasteiger partial charge in [-0.15, -0.1) is 0 Å². The van der Waals surface area contributed by atoms with Crippen LogP contribution in [0.4, 0.5) is 0 Å². The molecule has 1 heterocycles. The molecule has 0 radical (unpaired) electrons. The van der Waals surface area contributed by atoms with Gasteiger partial charge in [0.15, 0.2) is 0 Å². The highest BCUT2D eigenvalue weighted by Crippen LogP contribution is 2.42. The summed E-state index contributed by atoms with van der Waals surface area (Å²) in [6, 6.07) is 0. The SMILES string of the molecule is CCNC1(C(=O)OC)CCC(SC2CCOC2C)C1. The minimum atomic E-state index is -0.454. The normalized spacial score (nSPS) is 38.6. The molecule has 2 fully saturated rings. The summed E-state index contributed by atoms with van der Waals surface area (Å²) in [5, 5.41) is 4.47. The van der Waals surface area contributed by atoms with E-state index < -0.39 is 5.54 Å². The van der Waals surface area contributed by atoms with Crippen molar-refractivity contribution in [2.24, 2.45) is 0 Å². The molecule has 2 rings (SSSR count). The Morgan fingerprint density at radius 2 is 2.32 bits per heavy atom. The Morgan fingerprint density at radius 3 is 2.89 bits per heavy atom. The third-order valence-electron chi connectivity index (χ3n) is 4.23. The second-order valence-electron chi connectivity index (χ2n) is 5.51. The highest BCUT2D eigenvalue weighted by molar-refractivity contribution is 8.00. The molecule has 0 spiro atoms. The van der Waals surface area contributed by atoms with E-state index in [1.807, 2.05) is 18.7 Å². The van der Waals surface area contributed by atoms with Crippen molar-refractivity contribution in [3.8, 4) is 0 Å². The zero-order valence-corrected chi connectivity index (χ0v) is 12.9. The van der Waals surface area contributed by atoms with Crippen molar-refractivity contribution < 1.29 is 14.3 Å². The van der Waals surface area contributed by atoms with E-state index in [1.165, 1.54) is 7.11 Å². The molecule has 1 aliphatic carbocycles. The molecule has 1 aliphatic heterocycles. The Hall–Kier alpha value is -0.260. The maximum atomic E-state index is 12.1. The zero-order chi connectivity index (χ0) is 13.9. The molecule has 19 heavy (non-hydrogen) atoms. The summed E-state index contributed by atoms with van der Waals surface area (Å²) in [5.41, 5.74) is -0.454. The number of ether oxygens (including phenoxy) is 2. The number of hydrogen-bond donors (Lipinski definition) is 1. The van der Waals surface area contributed by atoms with Gasteiger partial charge in [0.2, 0.25) is 0 Å². The summed E-state index contributed by atoms with van der Waals surface area (Å²) in [5.74, 6) is -0.104. The van der Waals surface area contributed by atoms with E-state index in [4.69, 9.17) is 9.47 Å². The van der Waals surface area contributed by atoms with E-state index in [-0.39, 0.29) is 5.97 Å². The van der Waals surface area contributed by atoms with Gasteiger partial charge in [-0.05, 0) is 39.2 Å². The van der Waals surface area contributed by atoms with Gasteiger partial charge < -0.3 is 14.8 Å². The highest BCUT2D eigenvalue weighted by Gasteiger charge is 2.46. The molecular formula is C14H25NO3S. The van der Waals surface area contributed by atoms with Gasteiger partial charge in [-0.25, -0.2) is 0 Å². The average molecular weight is 287 g/mol. The fourth-order valence-electron chi connectivity index (χ4n) is 3.21. The van der Waals surface area contributed by atoms with Gasteiger partial charge in [0.1, 0.15) is 5.54 Å². The van der Waals surface area contributed by atoms with Crippen molar-refractivity contribution in [3.63, 3.8) is 0 Å². The van der Waals surface area contributed by atoms with Crippen LogP contribution in [0.1, 0.15) is 39.5 Å². The Kier molecular flexibility index (Phi) is 5.15. The number of esters is 1. The first kappa shape index (κ1) is 15.1. The minimum absolute atomic E-state index is 0.104. The number of hydrogen-bond acceptors (Lipinski definition) is 5. The molecule has 4 nitrogen and oxygen atoms in total. The van der Waals surface area contributed by atoms with Crippen molar-refractivity contribution >= 4 is 17.7 Å². The van der Waals surface area contributed by atoms with Crippen LogP contribution in [0.2, 0.25) is 0 Å². The third-order valence-corrected chi connectivity index (χ3v) is 5.99. The lowest BCUT2D eigenvalue weighted by atomic mass is 9.98. The summed E-state index contributed by atoms with van der Waals surface area (Å²) >= 11 is 2.01. The Bertz CT molecular complexity index is 326. The first-order valence-electron chi connectivity index (χ1n) is 7.22. The summed E-state index contributed by atoms with van der Waals surface area (Å²) < 4.78 is 10.6. The van der Waals surface area contributed by atoms with E-state index >= 15 is 0 Å². The van der Waals surface area contributed by atoms with Gasteiger partial charge in [-0.1, -0.05) is 6.92 Å². The predicted octanol–water partition coefficient (Wildman–Crippen LogP) is 1.97. The van der Waals surface area contributed by atoms with Crippen molar-refractivity contribution in [1.82, 2.24) is 5.32 Å². The standard InChI is InChI=1S/C14H25NO3S/c1-4-15-14(13(16)17-3)7-5-11(9-14)19-12-6-8-18-10(12)2/h10-12,15H,4-9H2,1-3H3. The van der Waals surface area contributed by atoms with Crippen LogP contribution in [0.15, 0.2) is 0 Å². The number of carbonyl (C=O) groups is 1. The first-order chi connectivity index (χ1) is 9.11. The summed E-state index contributed by atoms with van der Waals surface area (Å²) in [6.45, 7) is 5.87. The van der Waals surface area contributed by atoms with E-state index in [1.54, 1.807) is 0 Å². The Balaban J connectivity index is 1.94. The topological polar surface area (TPSA) is 47.6 Å². The number of thioether (sulfide) groups is 1. The lowest BCUT2D eigenvalue weighted by Gasteiger charge is -2.27. The van der Waals surface area contributed by atoms with Crippen molar-refractivity contribution in [2.45, 2.75) is 61.7 Å². The molecule has 1 saturated carbocycles. The molecule has 2 aliphatic rings. The number of likely N-dealkylation sites (N-methyl/N-ethyl adjacent to an activating group) is 1. The molecule has 0 aromatic carbocycles. The van der Waals surface area contributed by atoms with Crippen LogP contribution in [-0.2, 0) is 14.3 Å². The molecular weight excluding hydrogens is 262 g/mol. The largest absolute Gasteiger partial charge is 0.468 e. The fourth-order valence-corrected chi connectivity index (χ4v) is 4.87. The van der Waals surface area contributed by atoms with Crippen LogP contribution in [-0.4, -0.2) is 48.4 Å². The Labute approximate surface area is 120 Å². The smallest absolute Gasteiger partial charge is 0.326 e. The lowest BCUT2D eigenvalue weighted by molar-refractivity contribution is -0.148. The Morgan fingerprint density at radius 1 is 1.53 bits per heavy atom. The third kappa shape index (κ3) is 3.26. The summed E-state index contributed by atoms with van der Waals surface area (Å²) in [4.78, 5) is 12.1. The van der Waals surface area contributed by atoms with Crippen molar-refractivity contribution in [1.29, 1.82) is 0 Å². The fraction of sp³-hybridized carbons (Fsp3) is 0.929. The molecule has 1 N–H and O–H groups in total. The summed E-state index contributed by atoms with van der Waals surface area (Å²) in [6.07, 6.45) is 4.32. The van der Waals surface area contributed by atoms with E-state index in [0.717, 1.165) is 38.8 Å². The molecule has 0 bridgehead atoms. The monoisotopic (exact) mass is 287 g/mol. The number of carbonyl (C=O) groups excluding carboxylic acids is 1. The number of methoxy groups -OCH3 is 1. The average Bonchev–Trinajstić information content (AvgIpc) is 2.98. The van der Waals surface area contributed by atoms with Crippen molar-refractivity contribution in [3.05, 3.63) is 0 Å². The second-order valence-corrected chi connectivity index (χ2v) is 7.05. The quantitative estimate of drug-likeness (QED) is 0.783. The van der Waals surface area contributed by atoms with Crippen LogP contribution < -0.4 is 5.32 Å². The van der Waals surface area contributed by atoms with Gasteiger partial charge in [-0.2, -0.15) is 11.8 Å². The van der Waals surface area contributed by atoms with Gasteiger partial charge in [0.05, 0.1) is 13.2 Å². The molecule has 110 valence electrons. The molecule has 5 heteroatoms. The van der Waals surface area contributed by atoms with E-state index in [2.05, 4.69) is 12.2 Å². The summed E-state index contributed by atoms with van der Waals surface area (Å²) in [7, 11) is 1.48. The highest BCUT2D eigenvalue weighted by atomic mass is 32.2. The van der Waals surface area contributed by atoms with Crippen LogP contribution in [0.5, 0.6) is 0 Å². The van der Waals surface area contributed by atoms with Crippen LogP contribution in [0.3, 0.4) is 0 Å². The van der Waals surface area contributed by atoms with Crippen molar-refractivity contribution in [2.75, 3.05) is 20.3 Å². The first-order valence-corrected chi connectivity index (χ1v) is 8.16. The molecule has 1 saturated heterocycles. The zero-order valence-electron chi connectivity index (χ0n) is 12.1. The van der Waals surface area contributed by atoms with Gasteiger partial charge in [-0.3, -0.25) is 4.79 Å². The second kappa shape index (κ2) is 6.46.